The average Bonchev–Trinajstić information content (AvgIpc) is 2.12. The van der Waals surface area contributed by atoms with E-state index in [4.69, 9.17) is 0 Å². The largest absolute Gasteiger partial charge is 0.369 e. The van der Waals surface area contributed by atoms with Crippen LogP contribution in [0.3, 0.4) is 0 Å². The molecular formula is C11H21N3. The highest BCUT2D eigenvalue weighted by Crippen LogP contribution is 2.13. The maximum Gasteiger partial charge on any atom is 0.0966 e. The normalized spacial score (nSPS) is 24.6. The summed E-state index contributed by atoms with van der Waals surface area (Å²) in [6, 6.07) is 1.36. The van der Waals surface area contributed by atoms with Gasteiger partial charge in [-0.1, -0.05) is 0 Å². The van der Waals surface area contributed by atoms with Crippen LogP contribution in [0, 0.1) is 0 Å². The molecule has 0 atom stereocenters. The molecule has 0 aromatic carbocycles. The molecule has 3 nitrogen and oxygen atoms in total. The highest BCUT2D eigenvalue weighted by atomic mass is 15.3. The Morgan fingerprint density at radius 2 is 2.14 bits per heavy atom. The summed E-state index contributed by atoms with van der Waals surface area (Å²) in [5.41, 5.74) is 0. The number of nitrogens with one attached hydrogen (secondary N) is 1. The third kappa shape index (κ3) is 2.27. The Hall–Kier alpha value is -0.570. The van der Waals surface area contributed by atoms with Crippen molar-refractivity contribution in [2.45, 2.75) is 45.2 Å². The smallest absolute Gasteiger partial charge is 0.0966 e. The molecule has 1 saturated heterocycles. The van der Waals surface area contributed by atoms with Crippen LogP contribution in [0.1, 0.15) is 33.1 Å². The molecule has 2 heterocycles. The quantitative estimate of drug-likeness (QED) is 0.718. The Balaban J connectivity index is 1.70. The maximum atomic E-state index is 4.51. The van der Waals surface area contributed by atoms with Crippen LogP contribution in [-0.2, 0) is 0 Å². The minimum atomic E-state index is 0.661. The zero-order chi connectivity index (χ0) is 9.97. The molecule has 2 aliphatic rings. The van der Waals surface area contributed by atoms with E-state index in [1.807, 2.05) is 0 Å². The van der Waals surface area contributed by atoms with Gasteiger partial charge in [0.25, 0.3) is 0 Å². The first-order valence-corrected chi connectivity index (χ1v) is 5.79. The molecule has 0 spiro atoms. The highest BCUT2D eigenvalue weighted by molar-refractivity contribution is 5.83. The predicted molar refractivity (Wildman–Crippen MR) is 59.8 cm³/mol. The third-order valence-corrected chi connectivity index (χ3v) is 3.14. The lowest BCUT2D eigenvalue weighted by Gasteiger charge is -2.43. The van der Waals surface area contributed by atoms with Crippen molar-refractivity contribution in [1.29, 1.82) is 0 Å². The van der Waals surface area contributed by atoms with Gasteiger partial charge in [-0.25, -0.2) is 0 Å². The average molecular weight is 195 g/mol. The molecule has 1 fully saturated rings. The summed E-state index contributed by atoms with van der Waals surface area (Å²) < 4.78 is 0. The number of hydrogen-bond donors (Lipinski definition) is 1. The summed E-state index contributed by atoms with van der Waals surface area (Å²) >= 11 is 0. The summed E-state index contributed by atoms with van der Waals surface area (Å²) in [5.74, 6) is 1.25. The number of rotatable bonds is 2. The molecule has 3 heteroatoms. The molecule has 0 radical (unpaired) electrons. The van der Waals surface area contributed by atoms with Crippen LogP contribution in [0.4, 0.5) is 0 Å². The molecular weight excluding hydrogens is 174 g/mol. The van der Waals surface area contributed by atoms with Crippen LogP contribution < -0.4 is 5.32 Å². The van der Waals surface area contributed by atoms with Crippen molar-refractivity contribution in [1.82, 2.24) is 10.2 Å². The van der Waals surface area contributed by atoms with E-state index in [0.29, 0.717) is 12.1 Å². The minimum absolute atomic E-state index is 0.661. The van der Waals surface area contributed by atoms with Gasteiger partial charge in [0.05, 0.1) is 11.9 Å². The third-order valence-electron chi connectivity index (χ3n) is 3.14. The topological polar surface area (TPSA) is 27.6 Å². The first kappa shape index (κ1) is 9.97. The summed E-state index contributed by atoms with van der Waals surface area (Å²) in [6.45, 7) is 7.93. The number of aliphatic imine (C=N–C) groups is 1. The molecule has 2 rings (SSSR count). The molecule has 0 aromatic rings. The lowest BCUT2D eigenvalue weighted by atomic mass is 10.1. The molecule has 80 valence electrons. The van der Waals surface area contributed by atoms with Crippen LogP contribution >= 0.6 is 0 Å². The molecule has 14 heavy (non-hydrogen) atoms. The van der Waals surface area contributed by atoms with Crippen LogP contribution in [-0.4, -0.2) is 42.5 Å². The first-order chi connectivity index (χ1) is 6.75. The predicted octanol–water partition coefficient (Wildman–Crippen LogP) is 1.25. The van der Waals surface area contributed by atoms with Crippen molar-refractivity contribution in [3.8, 4) is 0 Å². The Kier molecular flexibility index (Phi) is 3.06. The highest BCUT2D eigenvalue weighted by Gasteiger charge is 2.28. The summed E-state index contributed by atoms with van der Waals surface area (Å²) in [6.07, 6.45) is 3.75. The van der Waals surface area contributed by atoms with Gasteiger partial charge >= 0.3 is 0 Å². The number of nitrogens with zero attached hydrogens (tertiary/aromatic N) is 2. The molecule has 0 saturated carbocycles. The van der Waals surface area contributed by atoms with Crippen molar-refractivity contribution >= 4 is 5.84 Å². The number of hydrogen-bond acceptors (Lipinski definition) is 3. The molecule has 1 N–H and O–H groups in total. The molecule has 0 aliphatic carbocycles. The minimum Gasteiger partial charge on any atom is -0.369 e. The van der Waals surface area contributed by atoms with Crippen LogP contribution in [0.2, 0.25) is 0 Å². The lowest BCUT2D eigenvalue weighted by Crippen LogP contribution is -2.61. The summed E-state index contributed by atoms with van der Waals surface area (Å²) in [4.78, 5) is 7.00. The van der Waals surface area contributed by atoms with Crippen LogP contribution in [0.25, 0.3) is 0 Å². The second-order valence-electron chi connectivity index (χ2n) is 4.67. The fraction of sp³-hybridized carbons (Fsp3) is 0.909. The monoisotopic (exact) mass is 195 g/mol. The molecule has 0 aromatic heterocycles. The van der Waals surface area contributed by atoms with Gasteiger partial charge in [-0.2, -0.15) is 0 Å². The Labute approximate surface area is 86.6 Å². The fourth-order valence-corrected chi connectivity index (χ4v) is 2.08. The van der Waals surface area contributed by atoms with E-state index in [0.717, 1.165) is 13.0 Å². The molecule has 2 aliphatic heterocycles. The zero-order valence-electron chi connectivity index (χ0n) is 9.29. The van der Waals surface area contributed by atoms with Crippen molar-refractivity contribution in [3.05, 3.63) is 0 Å². The van der Waals surface area contributed by atoms with Gasteiger partial charge in [0, 0.05) is 32.1 Å². The van der Waals surface area contributed by atoms with E-state index in [1.54, 1.807) is 0 Å². The van der Waals surface area contributed by atoms with Gasteiger partial charge in [-0.05, 0) is 26.7 Å². The Morgan fingerprint density at radius 3 is 2.71 bits per heavy atom. The van der Waals surface area contributed by atoms with Gasteiger partial charge in [-0.15, -0.1) is 0 Å². The second-order valence-corrected chi connectivity index (χ2v) is 4.67. The number of amidine groups is 1. The standard InChI is InChI=1S/C11H21N3/c1-9(2)14-7-10(8-14)13-11-5-3-4-6-12-11/h9-10H,3-8H2,1-2H3,(H,12,13). The van der Waals surface area contributed by atoms with E-state index in [-0.39, 0.29) is 0 Å². The van der Waals surface area contributed by atoms with Gasteiger partial charge < -0.3 is 5.32 Å². The second kappa shape index (κ2) is 4.30. The van der Waals surface area contributed by atoms with Gasteiger partial charge in [0.2, 0.25) is 0 Å². The fourth-order valence-electron chi connectivity index (χ4n) is 2.08. The van der Waals surface area contributed by atoms with Gasteiger partial charge in [-0.3, -0.25) is 9.89 Å². The van der Waals surface area contributed by atoms with Crippen molar-refractivity contribution in [3.63, 3.8) is 0 Å². The van der Waals surface area contributed by atoms with Crippen molar-refractivity contribution in [2.75, 3.05) is 19.6 Å². The molecule has 0 bridgehead atoms. The first-order valence-electron chi connectivity index (χ1n) is 5.79. The van der Waals surface area contributed by atoms with Gasteiger partial charge in [0.15, 0.2) is 0 Å². The molecule has 0 amide bonds. The Morgan fingerprint density at radius 1 is 1.36 bits per heavy atom. The van der Waals surface area contributed by atoms with Crippen molar-refractivity contribution in [2.24, 2.45) is 4.99 Å². The van der Waals surface area contributed by atoms with E-state index < -0.39 is 0 Å². The van der Waals surface area contributed by atoms with Crippen LogP contribution in [0.5, 0.6) is 0 Å². The van der Waals surface area contributed by atoms with Crippen LogP contribution in [0.15, 0.2) is 4.99 Å². The summed E-state index contributed by atoms with van der Waals surface area (Å²) in [7, 11) is 0. The lowest BCUT2D eigenvalue weighted by molar-refractivity contribution is 0.102. The molecule has 0 unspecified atom stereocenters. The zero-order valence-corrected chi connectivity index (χ0v) is 9.29. The maximum absolute atomic E-state index is 4.51. The Bertz CT molecular complexity index is 217. The van der Waals surface area contributed by atoms with E-state index in [9.17, 15) is 0 Å². The summed E-state index contributed by atoms with van der Waals surface area (Å²) in [5, 5.41) is 3.55. The SMILES string of the molecule is CC(C)N1CC(NC2=NCCCC2)C1. The van der Waals surface area contributed by atoms with Crippen molar-refractivity contribution < 1.29 is 0 Å². The van der Waals surface area contributed by atoms with E-state index in [1.165, 1.54) is 31.8 Å². The number of likely N-dealkylation sites (tertiary alicyclic amines) is 1. The van der Waals surface area contributed by atoms with E-state index >= 15 is 0 Å². The van der Waals surface area contributed by atoms with E-state index in [2.05, 4.69) is 29.1 Å². The van der Waals surface area contributed by atoms with Gasteiger partial charge in [0.1, 0.15) is 0 Å².